The number of carbonyl (C=O) groups excluding carboxylic acids is 1. The first kappa shape index (κ1) is 13.0. The maximum absolute atomic E-state index is 12.3. The zero-order valence-corrected chi connectivity index (χ0v) is 10.4. The largest absolute Gasteiger partial charge is 0.340 e. The van der Waals surface area contributed by atoms with Gasteiger partial charge in [-0.3, -0.25) is 4.79 Å². The highest BCUT2D eigenvalue weighted by molar-refractivity contribution is 5.86. The molecule has 1 saturated heterocycles. The lowest BCUT2D eigenvalue weighted by molar-refractivity contribution is -0.137. The molecule has 0 aromatic heterocycles. The Balaban J connectivity index is 2.66. The number of amides is 1. The van der Waals surface area contributed by atoms with Crippen molar-refractivity contribution in [3.8, 4) is 6.07 Å². The molecular weight excluding hydrogens is 202 g/mol. The minimum absolute atomic E-state index is 0.103. The maximum Gasteiger partial charge on any atom is 0.242 e. The van der Waals surface area contributed by atoms with Gasteiger partial charge in [-0.1, -0.05) is 0 Å². The van der Waals surface area contributed by atoms with Crippen LogP contribution < -0.4 is 5.32 Å². The summed E-state index contributed by atoms with van der Waals surface area (Å²) >= 11 is 0. The molecule has 1 amide bonds. The summed E-state index contributed by atoms with van der Waals surface area (Å²) in [4.78, 5) is 14.1. The number of carbonyl (C=O) groups is 1. The van der Waals surface area contributed by atoms with Crippen LogP contribution in [0, 0.1) is 17.2 Å². The van der Waals surface area contributed by atoms with E-state index in [0.29, 0.717) is 13.1 Å². The van der Waals surface area contributed by atoms with Crippen molar-refractivity contribution < 1.29 is 4.79 Å². The first-order valence-electron chi connectivity index (χ1n) is 5.97. The highest BCUT2D eigenvalue weighted by Gasteiger charge is 2.38. The Bertz CT molecular complexity index is 289. The van der Waals surface area contributed by atoms with Gasteiger partial charge >= 0.3 is 0 Å². The molecule has 1 aliphatic rings. The zero-order chi connectivity index (χ0) is 12.2. The van der Waals surface area contributed by atoms with E-state index in [0.717, 1.165) is 19.4 Å². The summed E-state index contributed by atoms with van der Waals surface area (Å²) in [6, 6.07) is 2.17. The highest BCUT2D eigenvalue weighted by atomic mass is 16.2. The molecule has 0 aliphatic carbocycles. The van der Waals surface area contributed by atoms with Crippen molar-refractivity contribution >= 4 is 5.91 Å². The number of rotatable bonds is 4. The number of nitrogens with one attached hydrogen (secondary N) is 1. The van der Waals surface area contributed by atoms with E-state index in [1.165, 1.54) is 0 Å². The third kappa shape index (κ3) is 2.73. The van der Waals surface area contributed by atoms with Gasteiger partial charge in [0.05, 0.1) is 17.5 Å². The molecule has 0 saturated carbocycles. The zero-order valence-electron chi connectivity index (χ0n) is 10.4. The van der Waals surface area contributed by atoms with Crippen LogP contribution in [0.2, 0.25) is 0 Å². The van der Waals surface area contributed by atoms with Gasteiger partial charge in [0.15, 0.2) is 0 Å². The Morgan fingerprint density at radius 3 is 2.81 bits per heavy atom. The van der Waals surface area contributed by atoms with Crippen LogP contribution >= 0.6 is 0 Å². The molecule has 1 heterocycles. The SMILES string of the molecule is CCN(CC(C)C#N)C(=O)C1(C)CCCN1. The number of likely N-dealkylation sites (N-methyl/N-ethyl adjacent to an activating group) is 1. The quantitative estimate of drug-likeness (QED) is 0.777. The van der Waals surface area contributed by atoms with Crippen molar-refractivity contribution in [2.75, 3.05) is 19.6 Å². The smallest absolute Gasteiger partial charge is 0.242 e. The Kier molecular flexibility index (Phi) is 4.31. The van der Waals surface area contributed by atoms with Gasteiger partial charge in [0.1, 0.15) is 0 Å². The molecule has 1 fully saturated rings. The number of nitriles is 1. The normalized spacial score (nSPS) is 26.1. The molecule has 0 bridgehead atoms. The molecule has 0 radical (unpaired) electrons. The van der Waals surface area contributed by atoms with Crippen molar-refractivity contribution in [2.24, 2.45) is 5.92 Å². The first-order chi connectivity index (χ1) is 7.53. The molecule has 1 N–H and O–H groups in total. The average molecular weight is 223 g/mol. The topological polar surface area (TPSA) is 56.1 Å². The predicted molar refractivity (Wildman–Crippen MR) is 62.7 cm³/mol. The molecule has 1 rings (SSSR count). The van der Waals surface area contributed by atoms with E-state index in [2.05, 4.69) is 11.4 Å². The van der Waals surface area contributed by atoms with Crippen molar-refractivity contribution in [2.45, 2.75) is 39.2 Å². The molecule has 4 nitrogen and oxygen atoms in total. The Morgan fingerprint density at radius 1 is 1.69 bits per heavy atom. The molecule has 1 aliphatic heterocycles. The molecule has 2 atom stereocenters. The third-order valence-corrected chi connectivity index (χ3v) is 3.22. The number of hydrogen-bond acceptors (Lipinski definition) is 3. The predicted octanol–water partition coefficient (Wildman–Crippen LogP) is 1.14. The standard InChI is InChI=1S/C12H21N3O/c1-4-15(9-10(2)8-13)11(16)12(3)6-5-7-14-12/h10,14H,4-7,9H2,1-3H3. The summed E-state index contributed by atoms with van der Waals surface area (Å²) in [5.41, 5.74) is -0.412. The van der Waals surface area contributed by atoms with Gasteiger partial charge < -0.3 is 10.2 Å². The van der Waals surface area contributed by atoms with E-state index in [1.807, 2.05) is 20.8 Å². The fourth-order valence-corrected chi connectivity index (χ4v) is 2.15. The van der Waals surface area contributed by atoms with Gasteiger partial charge in [-0.25, -0.2) is 0 Å². The average Bonchev–Trinajstić information content (AvgIpc) is 2.73. The van der Waals surface area contributed by atoms with Crippen molar-refractivity contribution in [3.63, 3.8) is 0 Å². The van der Waals surface area contributed by atoms with Gasteiger partial charge in [-0.15, -0.1) is 0 Å². The first-order valence-corrected chi connectivity index (χ1v) is 5.97. The van der Waals surface area contributed by atoms with Gasteiger partial charge in [-0.05, 0) is 40.2 Å². The van der Waals surface area contributed by atoms with E-state index in [4.69, 9.17) is 5.26 Å². The van der Waals surface area contributed by atoms with Crippen LogP contribution in [0.5, 0.6) is 0 Å². The summed E-state index contributed by atoms with van der Waals surface area (Å²) in [6.45, 7) is 7.88. The summed E-state index contributed by atoms with van der Waals surface area (Å²) in [5, 5.41) is 12.1. The minimum Gasteiger partial charge on any atom is -0.340 e. The minimum atomic E-state index is -0.412. The molecule has 0 aromatic rings. The summed E-state index contributed by atoms with van der Waals surface area (Å²) in [6.07, 6.45) is 1.94. The molecule has 2 unspecified atom stereocenters. The van der Waals surface area contributed by atoms with Crippen molar-refractivity contribution in [3.05, 3.63) is 0 Å². The highest BCUT2D eigenvalue weighted by Crippen LogP contribution is 2.21. The maximum atomic E-state index is 12.3. The van der Waals surface area contributed by atoms with E-state index in [1.54, 1.807) is 4.90 Å². The lowest BCUT2D eigenvalue weighted by Gasteiger charge is -2.31. The van der Waals surface area contributed by atoms with E-state index < -0.39 is 5.54 Å². The van der Waals surface area contributed by atoms with Gasteiger partial charge in [0.2, 0.25) is 5.91 Å². The second kappa shape index (κ2) is 5.31. The second-order valence-corrected chi connectivity index (χ2v) is 4.74. The molecule has 90 valence electrons. The van der Waals surface area contributed by atoms with Crippen LogP contribution in [0.1, 0.15) is 33.6 Å². The lowest BCUT2D eigenvalue weighted by atomic mass is 9.98. The van der Waals surface area contributed by atoms with E-state index in [9.17, 15) is 4.79 Å². The van der Waals surface area contributed by atoms with Gasteiger partial charge in [0, 0.05) is 13.1 Å². The Labute approximate surface area is 97.6 Å². The van der Waals surface area contributed by atoms with Crippen LogP contribution in [0.25, 0.3) is 0 Å². The van der Waals surface area contributed by atoms with Gasteiger partial charge in [0.25, 0.3) is 0 Å². The number of hydrogen-bond donors (Lipinski definition) is 1. The van der Waals surface area contributed by atoms with Crippen LogP contribution in [-0.2, 0) is 4.79 Å². The van der Waals surface area contributed by atoms with E-state index in [-0.39, 0.29) is 11.8 Å². The van der Waals surface area contributed by atoms with Crippen molar-refractivity contribution in [1.29, 1.82) is 5.26 Å². The fraction of sp³-hybridized carbons (Fsp3) is 0.833. The van der Waals surface area contributed by atoms with Crippen molar-refractivity contribution in [1.82, 2.24) is 10.2 Å². The van der Waals surface area contributed by atoms with E-state index >= 15 is 0 Å². The summed E-state index contributed by atoms with van der Waals surface area (Å²) in [5.74, 6) is 0.0310. The summed E-state index contributed by atoms with van der Waals surface area (Å²) in [7, 11) is 0. The summed E-state index contributed by atoms with van der Waals surface area (Å²) < 4.78 is 0. The van der Waals surface area contributed by atoms with Crippen LogP contribution in [-0.4, -0.2) is 36.0 Å². The third-order valence-electron chi connectivity index (χ3n) is 3.22. The molecule has 16 heavy (non-hydrogen) atoms. The Morgan fingerprint density at radius 2 is 2.38 bits per heavy atom. The monoisotopic (exact) mass is 223 g/mol. The van der Waals surface area contributed by atoms with Crippen LogP contribution in [0.15, 0.2) is 0 Å². The van der Waals surface area contributed by atoms with Crippen LogP contribution in [0.4, 0.5) is 0 Å². The molecule has 0 spiro atoms. The molecule has 4 heteroatoms. The van der Waals surface area contributed by atoms with Crippen LogP contribution in [0.3, 0.4) is 0 Å². The Hall–Kier alpha value is -1.08. The second-order valence-electron chi connectivity index (χ2n) is 4.74. The molecular formula is C12H21N3O. The molecule has 0 aromatic carbocycles. The fourth-order valence-electron chi connectivity index (χ4n) is 2.15. The van der Waals surface area contributed by atoms with Gasteiger partial charge in [-0.2, -0.15) is 5.26 Å². The number of nitrogens with zero attached hydrogens (tertiary/aromatic N) is 2. The lowest BCUT2D eigenvalue weighted by Crippen LogP contribution is -2.53.